The van der Waals surface area contributed by atoms with Gasteiger partial charge in [-0.25, -0.2) is 5.43 Å². The SMILES string of the molecule is CC1NNC(c2ccc(C(C)(C)C)cc2)C1CCN. The topological polar surface area (TPSA) is 50.1 Å². The molecule has 1 aromatic rings. The van der Waals surface area contributed by atoms with Crippen LogP contribution in [0.4, 0.5) is 0 Å². The number of nitrogens with one attached hydrogen (secondary N) is 2. The Morgan fingerprint density at radius 3 is 2.26 bits per heavy atom. The quantitative estimate of drug-likeness (QED) is 0.783. The fraction of sp³-hybridized carbons (Fsp3) is 0.625. The standard InChI is InChI=1S/C16H27N3/c1-11-14(9-10-17)15(19-18-11)12-5-7-13(8-6-12)16(2,3)4/h5-8,11,14-15,18-19H,9-10,17H2,1-4H3. The molecule has 2 rings (SSSR count). The van der Waals surface area contributed by atoms with Crippen molar-refractivity contribution in [1.82, 2.24) is 10.9 Å². The van der Waals surface area contributed by atoms with Crippen LogP contribution in [-0.4, -0.2) is 12.6 Å². The number of benzene rings is 1. The highest BCUT2D eigenvalue weighted by Gasteiger charge is 2.33. The van der Waals surface area contributed by atoms with Gasteiger partial charge in [-0.05, 0) is 42.3 Å². The van der Waals surface area contributed by atoms with Crippen LogP contribution in [-0.2, 0) is 5.41 Å². The molecule has 3 atom stereocenters. The highest BCUT2D eigenvalue weighted by molar-refractivity contribution is 5.30. The van der Waals surface area contributed by atoms with E-state index in [0.29, 0.717) is 18.0 Å². The summed E-state index contributed by atoms with van der Waals surface area (Å²) in [5.74, 6) is 0.561. The Morgan fingerprint density at radius 1 is 1.11 bits per heavy atom. The number of hydrogen-bond donors (Lipinski definition) is 3. The van der Waals surface area contributed by atoms with Crippen LogP contribution in [0.2, 0.25) is 0 Å². The molecule has 1 aliphatic rings. The lowest BCUT2D eigenvalue weighted by Crippen LogP contribution is -2.29. The molecule has 0 radical (unpaired) electrons. The Hall–Kier alpha value is -0.900. The molecule has 0 bridgehead atoms. The van der Waals surface area contributed by atoms with E-state index in [1.807, 2.05) is 0 Å². The van der Waals surface area contributed by atoms with Gasteiger partial charge in [-0.15, -0.1) is 0 Å². The van der Waals surface area contributed by atoms with Crippen molar-refractivity contribution < 1.29 is 0 Å². The number of hydrogen-bond acceptors (Lipinski definition) is 3. The summed E-state index contributed by atoms with van der Waals surface area (Å²) in [4.78, 5) is 0. The molecule has 0 spiro atoms. The molecule has 1 fully saturated rings. The third-order valence-corrected chi connectivity index (χ3v) is 4.17. The number of hydrazine groups is 1. The molecular formula is C16H27N3. The first-order valence-corrected chi connectivity index (χ1v) is 7.25. The van der Waals surface area contributed by atoms with Crippen molar-refractivity contribution in [2.45, 2.75) is 51.6 Å². The maximum Gasteiger partial charge on any atom is 0.0506 e. The third-order valence-electron chi connectivity index (χ3n) is 4.17. The van der Waals surface area contributed by atoms with Gasteiger partial charge in [-0.3, -0.25) is 5.43 Å². The monoisotopic (exact) mass is 261 g/mol. The first kappa shape index (κ1) is 14.5. The first-order chi connectivity index (χ1) is 8.93. The van der Waals surface area contributed by atoms with Gasteiger partial charge in [0.15, 0.2) is 0 Å². The van der Waals surface area contributed by atoms with E-state index >= 15 is 0 Å². The second-order valence-electron chi connectivity index (χ2n) is 6.67. The summed E-state index contributed by atoms with van der Waals surface area (Å²) in [6.45, 7) is 9.70. The maximum atomic E-state index is 5.74. The van der Waals surface area contributed by atoms with Crippen molar-refractivity contribution in [3.63, 3.8) is 0 Å². The third kappa shape index (κ3) is 3.16. The summed E-state index contributed by atoms with van der Waals surface area (Å²) in [5, 5.41) is 0. The zero-order valence-corrected chi connectivity index (χ0v) is 12.5. The van der Waals surface area contributed by atoms with Gasteiger partial charge in [0, 0.05) is 6.04 Å². The van der Waals surface area contributed by atoms with Crippen molar-refractivity contribution in [3.8, 4) is 0 Å². The van der Waals surface area contributed by atoms with Gasteiger partial charge in [-0.2, -0.15) is 0 Å². The molecule has 1 heterocycles. The van der Waals surface area contributed by atoms with E-state index in [2.05, 4.69) is 62.8 Å². The van der Waals surface area contributed by atoms with E-state index in [4.69, 9.17) is 5.73 Å². The van der Waals surface area contributed by atoms with Crippen LogP contribution < -0.4 is 16.6 Å². The molecule has 3 unspecified atom stereocenters. The van der Waals surface area contributed by atoms with E-state index in [9.17, 15) is 0 Å². The van der Waals surface area contributed by atoms with Gasteiger partial charge >= 0.3 is 0 Å². The minimum absolute atomic E-state index is 0.212. The van der Waals surface area contributed by atoms with E-state index in [1.165, 1.54) is 11.1 Å². The van der Waals surface area contributed by atoms with Crippen LogP contribution in [0.15, 0.2) is 24.3 Å². The highest BCUT2D eigenvalue weighted by Crippen LogP contribution is 2.32. The first-order valence-electron chi connectivity index (χ1n) is 7.25. The fourth-order valence-corrected chi connectivity index (χ4v) is 2.85. The van der Waals surface area contributed by atoms with Crippen LogP contribution in [0, 0.1) is 5.92 Å². The van der Waals surface area contributed by atoms with Gasteiger partial charge in [0.25, 0.3) is 0 Å². The molecular weight excluding hydrogens is 234 g/mol. The molecule has 1 aromatic carbocycles. The molecule has 4 N–H and O–H groups in total. The van der Waals surface area contributed by atoms with Crippen molar-refractivity contribution in [2.75, 3.05) is 6.54 Å². The molecule has 0 aromatic heterocycles. The molecule has 1 aliphatic heterocycles. The fourth-order valence-electron chi connectivity index (χ4n) is 2.85. The summed E-state index contributed by atoms with van der Waals surface area (Å²) in [6, 6.07) is 9.84. The summed E-state index contributed by atoms with van der Waals surface area (Å²) in [5.41, 5.74) is 15.4. The second-order valence-corrected chi connectivity index (χ2v) is 6.67. The van der Waals surface area contributed by atoms with Gasteiger partial charge in [-0.1, -0.05) is 45.0 Å². The molecule has 0 saturated carbocycles. The average molecular weight is 261 g/mol. The molecule has 3 nitrogen and oxygen atoms in total. The summed E-state index contributed by atoms with van der Waals surface area (Å²) in [7, 11) is 0. The van der Waals surface area contributed by atoms with Crippen molar-refractivity contribution in [1.29, 1.82) is 0 Å². The normalized spacial score (nSPS) is 27.7. The number of nitrogens with two attached hydrogens (primary N) is 1. The predicted octanol–water partition coefficient (Wildman–Crippen LogP) is 2.49. The Kier molecular flexibility index (Phi) is 4.29. The van der Waals surface area contributed by atoms with E-state index < -0.39 is 0 Å². The average Bonchev–Trinajstić information content (AvgIpc) is 2.71. The zero-order valence-electron chi connectivity index (χ0n) is 12.5. The van der Waals surface area contributed by atoms with Crippen LogP contribution in [0.3, 0.4) is 0 Å². The molecule has 0 amide bonds. The van der Waals surface area contributed by atoms with Gasteiger partial charge in [0.1, 0.15) is 0 Å². The zero-order chi connectivity index (χ0) is 14.0. The molecule has 106 valence electrons. The van der Waals surface area contributed by atoms with Gasteiger partial charge < -0.3 is 5.73 Å². The van der Waals surface area contributed by atoms with Crippen LogP contribution in [0.5, 0.6) is 0 Å². The minimum Gasteiger partial charge on any atom is -0.330 e. The lowest BCUT2D eigenvalue weighted by atomic mass is 9.84. The van der Waals surface area contributed by atoms with Crippen molar-refractivity contribution in [3.05, 3.63) is 35.4 Å². The molecule has 3 heteroatoms. The summed E-state index contributed by atoms with van der Waals surface area (Å²) < 4.78 is 0. The Bertz CT molecular complexity index is 405. The second kappa shape index (κ2) is 5.61. The Morgan fingerprint density at radius 2 is 1.74 bits per heavy atom. The van der Waals surface area contributed by atoms with Gasteiger partial charge in [0.05, 0.1) is 6.04 Å². The maximum absolute atomic E-state index is 5.74. The predicted molar refractivity (Wildman–Crippen MR) is 80.8 cm³/mol. The Labute approximate surface area is 116 Å². The van der Waals surface area contributed by atoms with Gasteiger partial charge in [0.2, 0.25) is 0 Å². The van der Waals surface area contributed by atoms with Crippen molar-refractivity contribution >= 4 is 0 Å². The summed E-state index contributed by atoms with van der Waals surface area (Å²) in [6.07, 6.45) is 1.05. The molecule has 1 saturated heterocycles. The Balaban J connectivity index is 2.18. The largest absolute Gasteiger partial charge is 0.330 e. The van der Waals surface area contributed by atoms with Crippen LogP contribution >= 0.6 is 0 Å². The number of rotatable bonds is 3. The summed E-state index contributed by atoms with van der Waals surface area (Å²) >= 11 is 0. The van der Waals surface area contributed by atoms with E-state index in [0.717, 1.165) is 13.0 Å². The van der Waals surface area contributed by atoms with Crippen LogP contribution in [0.25, 0.3) is 0 Å². The lowest BCUT2D eigenvalue weighted by Gasteiger charge is -2.23. The van der Waals surface area contributed by atoms with E-state index in [-0.39, 0.29) is 5.41 Å². The van der Waals surface area contributed by atoms with Crippen LogP contribution in [0.1, 0.15) is 51.3 Å². The van der Waals surface area contributed by atoms with Crippen molar-refractivity contribution in [2.24, 2.45) is 11.7 Å². The molecule has 0 aliphatic carbocycles. The minimum atomic E-state index is 0.212. The van der Waals surface area contributed by atoms with E-state index in [1.54, 1.807) is 0 Å². The smallest absolute Gasteiger partial charge is 0.0506 e. The highest BCUT2D eigenvalue weighted by atomic mass is 15.4. The molecule has 19 heavy (non-hydrogen) atoms. The lowest BCUT2D eigenvalue weighted by molar-refractivity contribution is 0.409.